The van der Waals surface area contributed by atoms with Crippen molar-refractivity contribution in [2.75, 3.05) is 7.11 Å². The van der Waals surface area contributed by atoms with Crippen molar-refractivity contribution >= 4 is 50.2 Å². The first kappa shape index (κ1) is 22.2. The first-order valence-electron chi connectivity index (χ1n) is 11.3. The van der Waals surface area contributed by atoms with Crippen molar-refractivity contribution in [3.8, 4) is 5.75 Å². The van der Waals surface area contributed by atoms with Gasteiger partial charge in [-0.2, -0.15) is 0 Å². The monoisotopic (exact) mass is 501 g/mol. The van der Waals surface area contributed by atoms with Gasteiger partial charge in [-0.15, -0.1) is 11.3 Å². The van der Waals surface area contributed by atoms with E-state index in [0.717, 1.165) is 48.9 Å². The number of hydrogen-bond donors (Lipinski definition) is 3. The molecule has 3 aromatic carbocycles. The van der Waals surface area contributed by atoms with Crippen molar-refractivity contribution < 1.29 is 14.6 Å². The van der Waals surface area contributed by atoms with Crippen molar-refractivity contribution in [2.45, 2.75) is 28.6 Å². The molecule has 3 heterocycles. The summed E-state index contributed by atoms with van der Waals surface area (Å²) in [6.45, 7) is 0. The Labute approximate surface area is 210 Å². The third-order valence-electron chi connectivity index (χ3n) is 6.47. The molecule has 176 valence electrons. The van der Waals surface area contributed by atoms with Gasteiger partial charge < -0.3 is 14.8 Å². The van der Waals surface area contributed by atoms with Crippen LogP contribution in [0.3, 0.4) is 0 Å². The number of rotatable bonds is 6. The molecule has 2 atom stereocenters. The zero-order valence-electron chi connectivity index (χ0n) is 18.9. The molecule has 8 heteroatoms. The Bertz CT molecular complexity index is 1530. The Kier molecular flexibility index (Phi) is 5.72. The summed E-state index contributed by atoms with van der Waals surface area (Å²) in [4.78, 5) is 20.3. The maximum Gasteiger partial charge on any atom is 0.321 e. The minimum Gasteiger partial charge on any atom is -0.496 e. The predicted molar refractivity (Wildman–Crippen MR) is 141 cm³/mol. The topological polar surface area (TPSA) is 87.2 Å². The van der Waals surface area contributed by atoms with Crippen molar-refractivity contribution in [1.29, 1.82) is 0 Å². The number of hydrogen-bond acceptors (Lipinski definition) is 6. The number of ether oxygens (including phenoxy) is 1. The molecule has 0 spiro atoms. The second-order valence-corrected chi connectivity index (χ2v) is 10.8. The SMILES string of the molecule is COc1ccc(C2NC(C(=O)O)Cc3c2[nH]c2ccccc32)cc1CSc1nc2ccccc2s1. The summed E-state index contributed by atoms with van der Waals surface area (Å²) in [7, 11) is 1.68. The van der Waals surface area contributed by atoms with Crippen LogP contribution in [0.15, 0.2) is 71.1 Å². The maximum atomic E-state index is 12.0. The Morgan fingerprint density at radius 1 is 1.17 bits per heavy atom. The molecule has 1 aliphatic heterocycles. The number of thiazole rings is 1. The molecule has 2 unspecified atom stereocenters. The molecular formula is C27H23N3O3S2. The molecule has 0 bridgehead atoms. The average molecular weight is 502 g/mol. The van der Waals surface area contributed by atoms with E-state index in [9.17, 15) is 9.90 Å². The van der Waals surface area contributed by atoms with Crippen molar-refractivity contribution in [3.05, 3.63) is 89.1 Å². The number of aliphatic carboxylic acids is 1. The van der Waals surface area contributed by atoms with Crippen LogP contribution < -0.4 is 10.1 Å². The number of aromatic nitrogens is 2. The van der Waals surface area contributed by atoms with Gasteiger partial charge in [0.1, 0.15) is 11.8 Å². The lowest BCUT2D eigenvalue weighted by Gasteiger charge is -2.30. The number of aromatic amines is 1. The third-order valence-corrected chi connectivity index (χ3v) is 8.70. The smallest absolute Gasteiger partial charge is 0.321 e. The van der Waals surface area contributed by atoms with Gasteiger partial charge in [0, 0.05) is 34.3 Å². The second-order valence-electron chi connectivity index (χ2n) is 8.56. The van der Waals surface area contributed by atoms with Gasteiger partial charge in [0.25, 0.3) is 0 Å². The van der Waals surface area contributed by atoms with Gasteiger partial charge in [-0.3, -0.25) is 10.1 Å². The Balaban J connectivity index is 1.36. The number of fused-ring (bicyclic) bond motifs is 4. The first-order valence-corrected chi connectivity index (χ1v) is 13.1. The van der Waals surface area contributed by atoms with Crippen LogP contribution in [-0.2, 0) is 17.0 Å². The lowest BCUT2D eigenvalue weighted by molar-refractivity contribution is -0.139. The summed E-state index contributed by atoms with van der Waals surface area (Å²) in [5.41, 5.74) is 6.18. The highest BCUT2D eigenvalue weighted by Gasteiger charge is 2.34. The average Bonchev–Trinajstić information content (AvgIpc) is 3.47. The molecule has 2 aromatic heterocycles. The van der Waals surface area contributed by atoms with Crippen LogP contribution in [0.4, 0.5) is 0 Å². The van der Waals surface area contributed by atoms with E-state index in [0.29, 0.717) is 12.2 Å². The van der Waals surface area contributed by atoms with Gasteiger partial charge in [-0.25, -0.2) is 4.98 Å². The number of carboxylic acids is 1. The number of para-hydroxylation sites is 2. The number of thioether (sulfide) groups is 1. The first-order chi connectivity index (χ1) is 17.1. The second kappa shape index (κ2) is 9.03. The molecule has 5 aromatic rings. The zero-order chi connectivity index (χ0) is 23.9. The molecule has 0 saturated carbocycles. The van der Waals surface area contributed by atoms with Crippen LogP contribution in [0, 0.1) is 0 Å². The fraction of sp³-hybridized carbons (Fsp3) is 0.185. The summed E-state index contributed by atoms with van der Waals surface area (Å²) in [6, 6.07) is 21.4. The molecule has 0 saturated heterocycles. The molecule has 0 radical (unpaired) electrons. The quantitative estimate of drug-likeness (QED) is 0.256. The van der Waals surface area contributed by atoms with Gasteiger partial charge in [-0.1, -0.05) is 48.2 Å². The lowest BCUT2D eigenvalue weighted by Crippen LogP contribution is -2.45. The van der Waals surface area contributed by atoms with E-state index in [1.165, 1.54) is 4.70 Å². The highest BCUT2D eigenvalue weighted by Crippen LogP contribution is 2.38. The van der Waals surface area contributed by atoms with Crippen LogP contribution in [0.1, 0.15) is 28.4 Å². The fourth-order valence-electron chi connectivity index (χ4n) is 4.80. The van der Waals surface area contributed by atoms with E-state index >= 15 is 0 Å². The van der Waals surface area contributed by atoms with Crippen molar-refractivity contribution in [2.24, 2.45) is 0 Å². The van der Waals surface area contributed by atoms with Crippen LogP contribution in [0.25, 0.3) is 21.1 Å². The van der Waals surface area contributed by atoms with E-state index in [-0.39, 0.29) is 6.04 Å². The molecule has 35 heavy (non-hydrogen) atoms. The fourth-order valence-corrected chi connectivity index (χ4v) is 6.85. The Hall–Kier alpha value is -3.33. The van der Waals surface area contributed by atoms with E-state index in [1.54, 1.807) is 30.2 Å². The number of H-pyrrole nitrogens is 1. The van der Waals surface area contributed by atoms with Gasteiger partial charge in [0.15, 0.2) is 4.34 Å². The van der Waals surface area contributed by atoms with Gasteiger partial charge in [0.2, 0.25) is 0 Å². The van der Waals surface area contributed by atoms with Gasteiger partial charge in [0.05, 0.1) is 23.4 Å². The number of methoxy groups -OCH3 is 1. The van der Waals surface area contributed by atoms with Crippen molar-refractivity contribution in [1.82, 2.24) is 15.3 Å². The van der Waals surface area contributed by atoms with E-state index in [2.05, 4.69) is 28.5 Å². The van der Waals surface area contributed by atoms with Crippen LogP contribution >= 0.6 is 23.1 Å². The maximum absolute atomic E-state index is 12.0. The summed E-state index contributed by atoms with van der Waals surface area (Å²) < 4.78 is 7.85. The molecule has 6 rings (SSSR count). The van der Waals surface area contributed by atoms with Crippen LogP contribution in [0.5, 0.6) is 5.75 Å². The minimum atomic E-state index is -0.842. The van der Waals surface area contributed by atoms with Crippen LogP contribution in [-0.4, -0.2) is 34.2 Å². The number of nitrogens with one attached hydrogen (secondary N) is 2. The zero-order valence-corrected chi connectivity index (χ0v) is 20.6. The van der Waals surface area contributed by atoms with E-state index in [4.69, 9.17) is 9.72 Å². The predicted octanol–water partition coefficient (Wildman–Crippen LogP) is 5.77. The summed E-state index contributed by atoms with van der Waals surface area (Å²) in [5, 5.41) is 14.3. The molecule has 6 nitrogen and oxygen atoms in total. The van der Waals surface area contributed by atoms with Gasteiger partial charge >= 0.3 is 5.97 Å². The van der Waals surface area contributed by atoms with E-state index in [1.807, 2.05) is 48.5 Å². The molecule has 3 N–H and O–H groups in total. The molecule has 1 aliphatic rings. The molecule has 0 aliphatic carbocycles. The summed E-state index contributed by atoms with van der Waals surface area (Å²) in [6.07, 6.45) is 0.446. The number of carbonyl (C=O) groups is 1. The third kappa shape index (κ3) is 4.07. The molecule has 0 amide bonds. The van der Waals surface area contributed by atoms with Gasteiger partial charge in [-0.05, 0) is 41.5 Å². The molecule has 0 fully saturated rings. The molecular weight excluding hydrogens is 478 g/mol. The standard InChI is InChI=1S/C27H23N3O3S2/c1-33-22-11-10-15(12-16(22)14-34-27-30-20-8-4-5-9-23(20)35-27)24-25-18(13-21(29-24)26(31)32)17-6-2-3-7-19(17)28-25/h2-12,21,24,28-29H,13-14H2,1H3,(H,31,32). The largest absolute Gasteiger partial charge is 0.496 e. The van der Waals surface area contributed by atoms with Crippen LogP contribution in [0.2, 0.25) is 0 Å². The number of benzene rings is 3. The summed E-state index contributed by atoms with van der Waals surface area (Å²) >= 11 is 3.37. The number of nitrogens with zero attached hydrogens (tertiary/aromatic N) is 1. The van der Waals surface area contributed by atoms with Crippen molar-refractivity contribution in [3.63, 3.8) is 0 Å². The highest BCUT2D eigenvalue weighted by atomic mass is 32.2. The normalized spacial score (nSPS) is 17.5. The Morgan fingerprint density at radius 3 is 2.83 bits per heavy atom. The summed E-state index contributed by atoms with van der Waals surface area (Å²) in [5.74, 6) is 0.668. The lowest BCUT2D eigenvalue weighted by atomic mass is 9.90. The Morgan fingerprint density at radius 2 is 2.00 bits per heavy atom. The van der Waals surface area contributed by atoms with E-state index < -0.39 is 12.0 Å². The minimum absolute atomic E-state index is 0.260. The highest BCUT2D eigenvalue weighted by molar-refractivity contribution is 8.00. The number of carboxylic acid groups (broad SMARTS) is 1.